The largest absolute Gasteiger partial charge is 0.460 e. The van der Waals surface area contributed by atoms with E-state index in [9.17, 15) is 22.8 Å². The first-order valence-electron chi connectivity index (χ1n) is 15.4. The zero-order chi connectivity index (χ0) is 33.5. The van der Waals surface area contributed by atoms with Crippen LogP contribution in [0.5, 0.6) is 0 Å². The Morgan fingerprint density at radius 3 is 1.98 bits per heavy atom. The van der Waals surface area contributed by atoms with Crippen LogP contribution in [0.3, 0.4) is 0 Å². The Morgan fingerprint density at radius 1 is 0.909 bits per heavy atom. The first-order chi connectivity index (χ1) is 19.9. The second kappa shape index (κ2) is 12.7. The monoisotopic (exact) mass is 640 g/mol. The zero-order valence-corrected chi connectivity index (χ0v) is 29.3. The lowest BCUT2D eigenvalue weighted by atomic mass is 9.92. The number of nitrogens with zero attached hydrogens (tertiary/aromatic N) is 2. The van der Waals surface area contributed by atoms with Crippen LogP contribution in [-0.4, -0.2) is 68.8 Å². The van der Waals surface area contributed by atoms with Crippen molar-refractivity contribution in [1.82, 2.24) is 4.90 Å². The normalized spacial score (nSPS) is 19.2. The summed E-state index contributed by atoms with van der Waals surface area (Å²) in [6.07, 6.45) is -2.21. The summed E-state index contributed by atoms with van der Waals surface area (Å²) in [7, 11) is -2.24. The Bertz CT molecular complexity index is 1230. The summed E-state index contributed by atoms with van der Waals surface area (Å²) < 4.78 is 59.7. The Hall–Kier alpha value is -2.53. The van der Waals surface area contributed by atoms with Crippen molar-refractivity contribution in [2.75, 3.05) is 31.1 Å². The summed E-state index contributed by atoms with van der Waals surface area (Å²) in [5, 5.41) is -0.0791. The molecule has 0 N–H and O–H groups in total. The van der Waals surface area contributed by atoms with Crippen LogP contribution < -0.4 is 4.90 Å². The minimum atomic E-state index is -4.53. The van der Waals surface area contributed by atoms with Crippen LogP contribution >= 0.6 is 0 Å². The van der Waals surface area contributed by atoms with Gasteiger partial charge < -0.3 is 18.8 Å². The molecule has 3 rings (SSSR count). The molecule has 2 heterocycles. The van der Waals surface area contributed by atoms with Crippen LogP contribution in [0, 0.1) is 5.92 Å². The molecule has 7 nitrogen and oxygen atoms in total. The average Bonchev–Trinajstić information content (AvgIpc) is 3.28. The number of piperidine rings is 1. The summed E-state index contributed by atoms with van der Waals surface area (Å²) in [6, 6.07) is 3.23. The molecule has 1 amide bonds. The van der Waals surface area contributed by atoms with E-state index in [0.29, 0.717) is 37.2 Å². The Balaban J connectivity index is 2.00. The standard InChI is InChI=1S/C33H51F3N2O5Si/c1-30(2,3)42-28(39)22-14-17-37(18-15-22)26-20-23(33(34,35)36)12-13-24(26)25-16-19-38(29(40)43-31(4,5)6)27(25)21-41-44(10,11)32(7,8)9/h12-13,16,20,22,27H,14-15,17-19,21H2,1-11H3. The van der Waals surface area contributed by atoms with E-state index in [2.05, 4.69) is 33.9 Å². The fourth-order valence-electron chi connectivity index (χ4n) is 5.08. The number of anilines is 1. The lowest BCUT2D eigenvalue weighted by Gasteiger charge is -2.39. The Labute approximate surface area is 262 Å². The molecule has 1 aromatic carbocycles. The molecule has 0 aromatic heterocycles. The van der Waals surface area contributed by atoms with Gasteiger partial charge >= 0.3 is 18.2 Å². The number of ether oxygens (including phenoxy) is 2. The van der Waals surface area contributed by atoms with E-state index in [-0.39, 0.29) is 30.1 Å². The number of halogens is 3. The van der Waals surface area contributed by atoms with Crippen LogP contribution in [0.1, 0.15) is 86.3 Å². The van der Waals surface area contributed by atoms with Crippen molar-refractivity contribution in [2.24, 2.45) is 5.92 Å². The van der Waals surface area contributed by atoms with Gasteiger partial charge in [-0.3, -0.25) is 9.69 Å². The first-order valence-corrected chi connectivity index (χ1v) is 18.3. The molecule has 1 saturated heterocycles. The molecule has 0 radical (unpaired) electrons. The van der Waals surface area contributed by atoms with E-state index in [1.807, 2.05) is 31.7 Å². The molecule has 1 fully saturated rings. The molecule has 2 aliphatic heterocycles. The number of carbonyl (C=O) groups excluding carboxylic acids is 2. The van der Waals surface area contributed by atoms with Crippen molar-refractivity contribution in [3.8, 4) is 0 Å². The van der Waals surface area contributed by atoms with Gasteiger partial charge in [-0.15, -0.1) is 0 Å². The van der Waals surface area contributed by atoms with Crippen LogP contribution in [0.2, 0.25) is 18.1 Å². The number of alkyl halides is 3. The fraction of sp³-hybridized carbons (Fsp3) is 0.697. The predicted octanol–water partition coefficient (Wildman–Crippen LogP) is 8.29. The smallest absolute Gasteiger partial charge is 0.416 e. The first kappa shape index (κ1) is 35.9. The number of hydrogen-bond donors (Lipinski definition) is 0. The van der Waals surface area contributed by atoms with E-state index < -0.39 is 43.4 Å². The van der Waals surface area contributed by atoms with Gasteiger partial charge in [0.2, 0.25) is 0 Å². The number of hydrogen-bond acceptors (Lipinski definition) is 6. The number of carbonyl (C=O) groups is 2. The number of benzene rings is 1. The Kier molecular flexibility index (Phi) is 10.4. The van der Waals surface area contributed by atoms with Crippen LogP contribution in [0.15, 0.2) is 24.3 Å². The van der Waals surface area contributed by atoms with Crippen LogP contribution in [0.25, 0.3) is 5.57 Å². The number of rotatable bonds is 6. The highest BCUT2D eigenvalue weighted by atomic mass is 28.4. The molecule has 1 aromatic rings. The van der Waals surface area contributed by atoms with Crippen molar-refractivity contribution >= 4 is 31.6 Å². The summed E-state index contributed by atoms with van der Waals surface area (Å²) in [5.41, 5.74) is -0.308. The highest BCUT2D eigenvalue weighted by Crippen LogP contribution is 2.42. The minimum Gasteiger partial charge on any atom is -0.460 e. The summed E-state index contributed by atoms with van der Waals surface area (Å²) >= 11 is 0. The van der Waals surface area contributed by atoms with E-state index in [0.717, 1.165) is 11.6 Å². The van der Waals surface area contributed by atoms with Gasteiger partial charge in [0.15, 0.2) is 8.32 Å². The van der Waals surface area contributed by atoms with Gasteiger partial charge in [0, 0.05) is 30.9 Å². The molecule has 11 heteroatoms. The van der Waals surface area contributed by atoms with Gasteiger partial charge in [-0.25, -0.2) is 4.79 Å². The van der Waals surface area contributed by atoms with E-state index >= 15 is 0 Å². The van der Waals surface area contributed by atoms with Crippen LogP contribution in [-0.2, 0) is 24.9 Å². The van der Waals surface area contributed by atoms with E-state index in [4.69, 9.17) is 13.9 Å². The fourth-order valence-corrected chi connectivity index (χ4v) is 6.09. The third-order valence-electron chi connectivity index (χ3n) is 8.49. The maximum absolute atomic E-state index is 14.0. The van der Waals surface area contributed by atoms with Crippen molar-refractivity contribution < 1.29 is 36.7 Å². The lowest BCUT2D eigenvalue weighted by molar-refractivity contribution is -0.160. The summed E-state index contributed by atoms with van der Waals surface area (Å²) in [5.74, 6) is -0.602. The molecule has 0 spiro atoms. The molecule has 1 unspecified atom stereocenters. The quantitative estimate of drug-likeness (QED) is 0.230. The van der Waals surface area contributed by atoms with Crippen molar-refractivity contribution in [3.05, 3.63) is 35.4 Å². The molecule has 0 saturated carbocycles. The van der Waals surface area contributed by atoms with Gasteiger partial charge in [-0.2, -0.15) is 13.2 Å². The van der Waals surface area contributed by atoms with Crippen molar-refractivity contribution in [2.45, 2.75) is 117 Å². The highest BCUT2D eigenvalue weighted by molar-refractivity contribution is 6.74. The zero-order valence-electron chi connectivity index (χ0n) is 28.3. The maximum Gasteiger partial charge on any atom is 0.416 e. The second-order valence-electron chi connectivity index (χ2n) is 15.4. The molecule has 0 aliphatic carbocycles. The second-order valence-corrected chi connectivity index (χ2v) is 20.2. The maximum atomic E-state index is 14.0. The van der Waals surface area contributed by atoms with Gasteiger partial charge in [0.25, 0.3) is 0 Å². The van der Waals surface area contributed by atoms with Gasteiger partial charge in [-0.05, 0) is 90.2 Å². The molecular formula is C33H51F3N2O5Si. The van der Waals surface area contributed by atoms with Gasteiger partial charge in [0.1, 0.15) is 11.2 Å². The minimum absolute atomic E-state index is 0.0791. The van der Waals surface area contributed by atoms with Crippen molar-refractivity contribution in [3.63, 3.8) is 0 Å². The Morgan fingerprint density at radius 2 is 1.48 bits per heavy atom. The third-order valence-corrected chi connectivity index (χ3v) is 13.0. The van der Waals surface area contributed by atoms with Gasteiger partial charge in [-0.1, -0.05) is 32.9 Å². The van der Waals surface area contributed by atoms with Crippen LogP contribution in [0.4, 0.5) is 23.7 Å². The summed E-state index contributed by atoms with van der Waals surface area (Å²) in [4.78, 5) is 29.6. The molecule has 44 heavy (non-hydrogen) atoms. The molecule has 1 atom stereocenters. The lowest BCUT2D eigenvalue weighted by Crippen LogP contribution is -2.47. The van der Waals surface area contributed by atoms with E-state index in [1.165, 1.54) is 12.1 Å². The van der Waals surface area contributed by atoms with Gasteiger partial charge in [0.05, 0.1) is 24.1 Å². The number of amides is 1. The highest BCUT2D eigenvalue weighted by Gasteiger charge is 2.42. The summed E-state index contributed by atoms with van der Waals surface area (Å²) in [6.45, 7) is 22.7. The topological polar surface area (TPSA) is 68.3 Å². The van der Waals surface area contributed by atoms with E-state index in [1.54, 1.807) is 25.7 Å². The molecule has 0 bridgehead atoms. The molecule has 2 aliphatic rings. The SMILES string of the molecule is CC(C)(C)OC(=O)C1CCN(c2cc(C(F)(F)F)ccc2C2=CCN(C(=O)OC(C)(C)C)C2CO[Si](C)(C)C(C)(C)C)CC1. The molecule has 248 valence electrons. The number of esters is 1. The predicted molar refractivity (Wildman–Crippen MR) is 170 cm³/mol. The molecular weight excluding hydrogens is 589 g/mol. The third kappa shape index (κ3) is 9.02. The van der Waals surface area contributed by atoms with Crippen molar-refractivity contribution in [1.29, 1.82) is 0 Å². The average molecular weight is 641 g/mol.